The van der Waals surface area contributed by atoms with Gasteiger partial charge in [-0.1, -0.05) is 48.0 Å². The Labute approximate surface area is 107 Å². The Morgan fingerprint density at radius 1 is 1.06 bits per heavy atom. The largest absolute Gasteiger partial charge is 0.273 e. The van der Waals surface area contributed by atoms with Crippen LogP contribution >= 0.6 is 0 Å². The lowest BCUT2D eigenvalue weighted by Crippen LogP contribution is -2.23. The minimum absolute atomic E-state index is 0.161. The maximum Gasteiger partial charge on any atom is 0.109 e. The summed E-state index contributed by atoms with van der Waals surface area (Å²) in [5.41, 5.74) is 7.94. The highest BCUT2D eigenvalue weighted by Gasteiger charge is 2.41. The van der Waals surface area contributed by atoms with Crippen molar-refractivity contribution in [2.24, 2.45) is 4.99 Å². The van der Waals surface area contributed by atoms with E-state index in [0.717, 1.165) is 6.42 Å². The van der Waals surface area contributed by atoms with Gasteiger partial charge in [-0.15, -0.1) is 0 Å². The number of nitrogens with zero attached hydrogens (tertiary/aromatic N) is 1. The lowest BCUT2D eigenvalue weighted by molar-refractivity contribution is 0.607. The third kappa shape index (κ3) is 1.09. The van der Waals surface area contributed by atoms with E-state index in [0.29, 0.717) is 0 Å². The van der Waals surface area contributed by atoms with Gasteiger partial charge in [-0.25, -0.2) is 0 Å². The molecule has 2 aromatic carbocycles. The van der Waals surface area contributed by atoms with E-state index in [9.17, 15) is 0 Å². The predicted molar refractivity (Wildman–Crippen MR) is 74.3 cm³/mol. The Bertz CT molecular complexity index is 697. The molecule has 2 aliphatic rings. The van der Waals surface area contributed by atoms with E-state index in [-0.39, 0.29) is 5.54 Å². The van der Waals surface area contributed by atoms with E-state index in [4.69, 9.17) is 4.99 Å². The number of fused-ring (bicyclic) bond motifs is 6. The first-order valence-electron chi connectivity index (χ1n) is 6.47. The molecule has 88 valence electrons. The van der Waals surface area contributed by atoms with Gasteiger partial charge in [-0.3, -0.25) is 4.99 Å². The molecular weight excluding hydrogens is 218 g/mol. The van der Waals surface area contributed by atoms with Crippen molar-refractivity contribution in [1.82, 2.24) is 0 Å². The fourth-order valence-electron chi connectivity index (χ4n) is 3.37. The van der Waals surface area contributed by atoms with Crippen LogP contribution in [-0.4, -0.2) is 5.71 Å². The number of aliphatic imine (C=N–C) groups is 1. The van der Waals surface area contributed by atoms with Crippen LogP contribution in [-0.2, 0) is 12.0 Å². The predicted octanol–water partition coefficient (Wildman–Crippen LogP) is 3.62. The van der Waals surface area contributed by atoms with Crippen LogP contribution in [0.1, 0.15) is 34.7 Å². The minimum Gasteiger partial charge on any atom is -0.273 e. The molecule has 1 unspecified atom stereocenters. The zero-order valence-corrected chi connectivity index (χ0v) is 10.7. The average molecular weight is 233 g/mol. The highest BCUT2D eigenvalue weighted by molar-refractivity contribution is 6.07. The summed E-state index contributed by atoms with van der Waals surface area (Å²) in [6.07, 6.45) is 0.974. The molecule has 2 heterocycles. The summed E-state index contributed by atoms with van der Waals surface area (Å²) in [6, 6.07) is 15.4. The molecule has 0 fully saturated rings. The molecule has 0 spiro atoms. The minimum atomic E-state index is -0.161. The van der Waals surface area contributed by atoms with Crippen LogP contribution in [0.4, 0.5) is 0 Å². The molecule has 0 N–H and O–H groups in total. The van der Waals surface area contributed by atoms with Crippen LogP contribution in [0.15, 0.2) is 47.5 Å². The van der Waals surface area contributed by atoms with E-state index >= 15 is 0 Å². The molecule has 0 aliphatic carbocycles. The molecule has 2 aromatic rings. The van der Waals surface area contributed by atoms with Gasteiger partial charge in [0.05, 0.1) is 0 Å². The van der Waals surface area contributed by atoms with Crippen molar-refractivity contribution in [3.8, 4) is 0 Å². The molecule has 0 aromatic heterocycles. The molecule has 0 amide bonds. The molecule has 0 radical (unpaired) electrons. The van der Waals surface area contributed by atoms with Crippen LogP contribution < -0.4 is 0 Å². The molecular formula is C17H15N. The van der Waals surface area contributed by atoms with E-state index in [1.165, 1.54) is 33.5 Å². The topological polar surface area (TPSA) is 12.4 Å². The van der Waals surface area contributed by atoms with Crippen LogP contribution in [0.5, 0.6) is 0 Å². The number of hydrogen-bond donors (Lipinski definition) is 0. The van der Waals surface area contributed by atoms with Crippen LogP contribution in [0, 0.1) is 6.92 Å². The Hall–Kier alpha value is -1.89. The van der Waals surface area contributed by atoms with Crippen LogP contribution in [0.3, 0.4) is 0 Å². The van der Waals surface area contributed by atoms with Gasteiger partial charge in [0.2, 0.25) is 0 Å². The third-order valence-electron chi connectivity index (χ3n) is 4.27. The normalized spacial score (nSPS) is 23.3. The second-order valence-electron chi connectivity index (χ2n) is 5.51. The summed E-state index contributed by atoms with van der Waals surface area (Å²) in [4.78, 5) is 4.99. The summed E-state index contributed by atoms with van der Waals surface area (Å²) in [6.45, 7) is 4.40. The second-order valence-corrected chi connectivity index (χ2v) is 5.51. The number of aryl methyl sites for hydroxylation is 1. The molecule has 4 rings (SSSR count). The first-order valence-corrected chi connectivity index (χ1v) is 6.47. The Morgan fingerprint density at radius 3 is 2.78 bits per heavy atom. The molecule has 0 saturated carbocycles. The Balaban J connectivity index is 2.06. The fraction of sp³-hybridized carbons (Fsp3) is 0.235. The van der Waals surface area contributed by atoms with Crippen molar-refractivity contribution in [3.63, 3.8) is 0 Å². The maximum atomic E-state index is 4.99. The molecule has 18 heavy (non-hydrogen) atoms. The summed E-state index contributed by atoms with van der Waals surface area (Å²) >= 11 is 0. The highest BCUT2D eigenvalue weighted by Crippen LogP contribution is 2.46. The van der Waals surface area contributed by atoms with Gasteiger partial charge in [-0.2, -0.15) is 0 Å². The van der Waals surface area contributed by atoms with Crippen molar-refractivity contribution >= 4 is 5.71 Å². The summed E-state index contributed by atoms with van der Waals surface area (Å²) in [7, 11) is 0. The first-order chi connectivity index (χ1) is 8.68. The second kappa shape index (κ2) is 3.11. The quantitative estimate of drug-likeness (QED) is 0.659. The van der Waals surface area contributed by atoms with E-state index in [1.807, 2.05) is 0 Å². The third-order valence-corrected chi connectivity index (χ3v) is 4.27. The van der Waals surface area contributed by atoms with Gasteiger partial charge < -0.3 is 0 Å². The van der Waals surface area contributed by atoms with Gasteiger partial charge >= 0.3 is 0 Å². The van der Waals surface area contributed by atoms with Gasteiger partial charge in [0, 0.05) is 17.7 Å². The molecule has 2 bridgehead atoms. The molecule has 2 aliphatic heterocycles. The SMILES string of the molecule is Cc1ccc2c(c1)C1(C)N=C(C2)c2ccccc21. The molecule has 1 nitrogen and oxygen atoms in total. The Morgan fingerprint density at radius 2 is 1.89 bits per heavy atom. The molecule has 0 saturated heterocycles. The fourth-order valence-corrected chi connectivity index (χ4v) is 3.37. The van der Waals surface area contributed by atoms with Crippen molar-refractivity contribution in [2.75, 3.05) is 0 Å². The van der Waals surface area contributed by atoms with Crippen molar-refractivity contribution < 1.29 is 0 Å². The summed E-state index contributed by atoms with van der Waals surface area (Å²) < 4.78 is 0. The van der Waals surface area contributed by atoms with Crippen molar-refractivity contribution in [2.45, 2.75) is 25.8 Å². The maximum absolute atomic E-state index is 4.99. The monoisotopic (exact) mass is 233 g/mol. The van der Waals surface area contributed by atoms with Gasteiger partial charge in [0.25, 0.3) is 0 Å². The Kier molecular flexibility index (Phi) is 1.74. The lowest BCUT2D eigenvalue weighted by atomic mass is 9.82. The standard InChI is InChI=1S/C17H15N/c1-11-7-8-12-10-16-13-5-3-4-6-14(13)17(2,18-16)15(12)9-11/h3-9H,10H2,1-2H3. The molecule has 1 heteroatoms. The van der Waals surface area contributed by atoms with Gasteiger partial charge in [0.1, 0.15) is 5.54 Å². The number of rotatable bonds is 0. The lowest BCUT2D eigenvalue weighted by Gasteiger charge is -2.28. The van der Waals surface area contributed by atoms with Gasteiger partial charge in [0.15, 0.2) is 0 Å². The van der Waals surface area contributed by atoms with E-state index in [1.54, 1.807) is 0 Å². The van der Waals surface area contributed by atoms with Crippen molar-refractivity contribution in [3.05, 3.63) is 70.3 Å². The zero-order valence-electron chi connectivity index (χ0n) is 10.7. The van der Waals surface area contributed by atoms with Crippen molar-refractivity contribution in [1.29, 1.82) is 0 Å². The smallest absolute Gasteiger partial charge is 0.109 e. The van der Waals surface area contributed by atoms with Crippen LogP contribution in [0.25, 0.3) is 0 Å². The number of benzene rings is 2. The van der Waals surface area contributed by atoms with Crippen LogP contribution in [0.2, 0.25) is 0 Å². The zero-order chi connectivity index (χ0) is 12.3. The number of hydrogen-bond acceptors (Lipinski definition) is 1. The van der Waals surface area contributed by atoms with E-state index in [2.05, 4.69) is 56.3 Å². The average Bonchev–Trinajstić information content (AvgIpc) is 2.62. The summed E-state index contributed by atoms with van der Waals surface area (Å²) in [5, 5.41) is 0. The first kappa shape index (κ1) is 10.1. The summed E-state index contributed by atoms with van der Waals surface area (Å²) in [5.74, 6) is 0. The van der Waals surface area contributed by atoms with Gasteiger partial charge in [-0.05, 0) is 30.5 Å². The highest BCUT2D eigenvalue weighted by atomic mass is 14.9. The van der Waals surface area contributed by atoms with E-state index < -0.39 is 0 Å². The molecule has 1 atom stereocenters.